The number of amides is 2. The summed E-state index contributed by atoms with van der Waals surface area (Å²) in [4.78, 5) is 12.5. The molecule has 1 saturated heterocycles. The van der Waals surface area contributed by atoms with Crippen LogP contribution in [0.4, 0.5) is 13.6 Å². The Balaban J connectivity index is 2.25. The Morgan fingerprint density at radius 3 is 2.80 bits per heavy atom. The number of nitrogens with one attached hydrogen (secondary N) is 1. The van der Waals surface area contributed by atoms with Crippen LogP contribution in [0.25, 0.3) is 0 Å². The molecule has 112 valence electrons. The standard InChI is InChI=1S/C10H14F2N2O4P2/c1-5-2-3-14(9(15)13-5)8-10(11,12)7(18-20)6(17-8)4-16-19/h2-3,6-8H,1,4,19-20H2,(H,13,15)/t6-,7?,8-/m1/s1. The average Bonchev–Trinajstić information content (AvgIpc) is 2.61. The van der Waals surface area contributed by atoms with Crippen molar-refractivity contribution in [1.82, 2.24) is 10.2 Å². The summed E-state index contributed by atoms with van der Waals surface area (Å²) < 4.78 is 43.3. The van der Waals surface area contributed by atoms with Gasteiger partial charge in [0.2, 0.25) is 6.23 Å². The molecule has 2 rings (SSSR count). The minimum atomic E-state index is -3.39. The zero-order valence-electron chi connectivity index (χ0n) is 10.3. The molecule has 1 N–H and O–H groups in total. The second-order valence-corrected chi connectivity index (χ2v) is 4.88. The van der Waals surface area contributed by atoms with Crippen molar-refractivity contribution in [2.75, 3.05) is 6.61 Å². The fourth-order valence-corrected chi connectivity index (χ4v) is 2.58. The predicted molar refractivity (Wildman–Crippen MR) is 72.5 cm³/mol. The van der Waals surface area contributed by atoms with Crippen LogP contribution >= 0.6 is 18.9 Å². The zero-order valence-corrected chi connectivity index (χ0v) is 12.6. The molecule has 0 aromatic rings. The Labute approximate surface area is 119 Å². The lowest BCUT2D eigenvalue weighted by molar-refractivity contribution is -0.139. The third-order valence-electron chi connectivity index (χ3n) is 2.95. The van der Waals surface area contributed by atoms with E-state index in [4.69, 9.17) is 13.8 Å². The maximum Gasteiger partial charge on any atom is 0.328 e. The van der Waals surface area contributed by atoms with Crippen LogP contribution in [0.15, 0.2) is 24.6 Å². The van der Waals surface area contributed by atoms with E-state index >= 15 is 0 Å². The number of hydrogen-bond acceptors (Lipinski definition) is 4. The van der Waals surface area contributed by atoms with E-state index in [1.807, 2.05) is 9.47 Å². The molecular weight excluding hydrogens is 312 g/mol. The molecule has 2 heterocycles. The molecule has 10 heteroatoms. The van der Waals surface area contributed by atoms with Gasteiger partial charge in [-0.15, -0.1) is 0 Å². The van der Waals surface area contributed by atoms with Gasteiger partial charge < -0.3 is 19.1 Å². The number of alkyl halides is 2. The molecule has 2 amide bonds. The number of allylic oxidation sites excluding steroid dienone is 1. The van der Waals surface area contributed by atoms with Crippen molar-refractivity contribution in [3.8, 4) is 0 Å². The highest BCUT2D eigenvalue weighted by Crippen LogP contribution is 2.41. The number of carbonyl (C=O) groups is 1. The van der Waals surface area contributed by atoms with Crippen LogP contribution in [-0.4, -0.2) is 41.9 Å². The third-order valence-corrected chi connectivity index (χ3v) is 3.43. The first-order valence-corrected chi connectivity index (χ1v) is 6.53. The van der Waals surface area contributed by atoms with Gasteiger partial charge in [0.05, 0.1) is 6.61 Å². The van der Waals surface area contributed by atoms with Crippen LogP contribution in [0, 0.1) is 0 Å². The molecule has 0 bridgehead atoms. The lowest BCUT2D eigenvalue weighted by Crippen LogP contribution is -2.53. The van der Waals surface area contributed by atoms with E-state index in [-0.39, 0.29) is 6.61 Å². The molecule has 0 spiro atoms. The van der Waals surface area contributed by atoms with E-state index in [0.717, 1.165) is 4.90 Å². The summed E-state index contributed by atoms with van der Waals surface area (Å²) in [5.41, 5.74) is 0.316. The number of nitrogens with zero attached hydrogens (tertiary/aromatic N) is 1. The lowest BCUT2D eigenvalue weighted by atomic mass is 10.1. The van der Waals surface area contributed by atoms with Gasteiger partial charge in [0.15, 0.2) is 6.10 Å². The van der Waals surface area contributed by atoms with E-state index in [1.54, 1.807) is 9.47 Å². The van der Waals surface area contributed by atoms with Gasteiger partial charge in [-0.25, -0.2) is 4.79 Å². The van der Waals surface area contributed by atoms with E-state index in [9.17, 15) is 13.6 Å². The molecule has 1 fully saturated rings. The van der Waals surface area contributed by atoms with Crippen molar-refractivity contribution < 1.29 is 27.4 Å². The smallest absolute Gasteiger partial charge is 0.328 e. The molecule has 0 aromatic heterocycles. The SMILES string of the molecule is C=C1C=CN([C@@H]2O[C@H](COP)C(OP)C2(F)F)C(=O)N1. The highest BCUT2D eigenvalue weighted by Gasteiger charge is 2.62. The van der Waals surface area contributed by atoms with Gasteiger partial charge in [0, 0.05) is 30.8 Å². The summed E-state index contributed by atoms with van der Waals surface area (Å²) in [7, 11) is 3.74. The van der Waals surface area contributed by atoms with Crippen LogP contribution in [0.3, 0.4) is 0 Å². The summed E-state index contributed by atoms with van der Waals surface area (Å²) >= 11 is 0. The quantitative estimate of drug-likeness (QED) is 0.793. The number of halogens is 2. The van der Waals surface area contributed by atoms with Crippen LogP contribution in [-0.2, 0) is 13.8 Å². The van der Waals surface area contributed by atoms with Gasteiger partial charge in [0.25, 0.3) is 0 Å². The van der Waals surface area contributed by atoms with Gasteiger partial charge in [0.1, 0.15) is 6.10 Å². The summed E-state index contributed by atoms with van der Waals surface area (Å²) in [6, 6.07) is -0.739. The lowest BCUT2D eigenvalue weighted by Gasteiger charge is -2.31. The van der Waals surface area contributed by atoms with E-state index in [1.165, 1.54) is 12.3 Å². The summed E-state index contributed by atoms with van der Waals surface area (Å²) in [5.74, 6) is -3.39. The molecule has 20 heavy (non-hydrogen) atoms. The minimum Gasteiger partial charge on any atom is -0.363 e. The highest BCUT2D eigenvalue weighted by atomic mass is 31.0. The van der Waals surface area contributed by atoms with Crippen molar-refractivity contribution in [1.29, 1.82) is 0 Å². The van der Waals surface area contributed by atoms with Crippen LogP contribution < -0.4 is 5.32 Å². The second-order valence-electron chi connectivity index (χ2n) is 4.27. The average molecular weight is 326 g/mol. The third kappa shape index (κ3) is 2.71. The van der Waals surface area contributed by atoms with Crippen molar-refractivity contribution in [3.05, 3.63) is 24.6 Å². The molecule has 3 unspecified atom stereocenters. The molecule has 2 aliphatic rings. The van der Waals surface area contributed by atoms with Crippen molar-refractivity contribution >= 4 is 25.0 Å². The van der Waals surface area contributed by atoms with Gasteiger partial charge in [-0.1, -0.05) is 6.58 Å². The van der Waals surface area contributed by atoms with Crippen LogP contribution in [0.1, 0.15) is 0 Å². The Bertz CT molecular complexity index is 449. The number of urea groups is 1. The van der Waals surface area contributed by atoms with Gasteiger partial charge in [-0.3, -0.25) is 4.90 Å². The van der Waals surface area contributed by atoms with Crippen molar-refractivity contribution in [2.24, 2.45) is 0 Å². The number of ether oxygens (including phenoxy) is 1. The maximum absolute atomic E-state index is 14.3. The Morgan fingerprint density at radius 1 is 1.55 bits per heavy atom. The Hall–Kier alpha value is -0.650. The topological polar surface area (TPSA) is 60.0 Å². The summed E-state index contributed by atoms with van der Waals surface area (Å²) in [6.45, 7) is 3.40. The maximum atomic E-state index is 14.3. The van der Waals surface area contributed by atoms with Gasteiger partial charge in [-0.05, 0) is 6.08 Å². The van der Waals surface area contributed by atoms with Gasteiger partial charge >= 0.3 is 12.0 Å². The van der Waals surface area contributed by atoms with Crippen LogP contribution in [0.5, 0.6) is 0 Å². The molecule has 6 nitrogen and oxygen atoms in total. The largest absolute Gasteiger partial charge is 0.363 e. The molecule has 5 atom stereocenters. The normalized spacial score (nSPS) is 32.6. The first kappa shape index (κ1) is 15.7. The monoisotopic (exact) mass is 326 g/mol. The minimum absolute atomic E-state index is 0.109. The number of hydrogen-bond donors (Lipinski definition) is 1. The first-order chi connectivity index (χ1) is 9.41. The van der Waals surface area contributed by atoms with E-state index < -0.39 is 30.4 Å². The number of rotatable bonds is 4. The number of carbonyl (C=O) groups excluding carboxylic acids is 1. The predicted octanol–water partition coefficient (Wildman–Crippen LogP) is 1.38. The van der Waals surface area contributed by atoms with E-state index in [2.05, 4.69) is 11.9 Å². The first-order valence-electron chi connectivity index (χ1n) is 5.58. The molecule has 0 aromatic carbocycles. The zero-order chi connectivity index (χ0) is 14.9. The van der Waals surface area contributed by atoms with Crippen molar-refractivity contribution in [3.63, 3.8) is 0 Å². The fourth-order valence-electron chi connectivity index (χ4n) is 2.03. The van der Waals surface area contributed by atoms with Crippen molar-refractivity contribution in [2.45, 2.75) is 24.4 Å². The molecule has 2 aliphatic heterocycles. The molecule has 0 aliphatic carbocycles. The van der Waals surface area contributed by atoms with E-state index in [0.29, 0.717) is 5.70 Å². The highest BCUT2D eigenvalue weighted by molar-refractivity contribution is 7.10. The van der Waals surface area contributed by atoms with Gasteiger partial charge in [-0.2, -0.15) is 8.78 Å². The Morgan fingerprint density at radius 2 is 2.25 bits per heavy atom. The summed E-state index contributed by atoms with van der Waals surface area (Å²) in [6.07, 6.45) is -1.72. The Kier molecular flexibility index (Phi) is 4.72. The van der Waals surface area contributed by atoms with Crippen LogP contribution in [0.2, 0.25) is 0 Å². The second kappa shape index (κ2) is 6.00. The molecular formula is C10H14F2N2O4P2. The summed E-state index contributed by atoms with van der Waals surface area (Å²) in [5, 5.41) is 2.33. The fraction of sp³-hybridized carbons (Fsp3) is 0.500. The molecule has 0 saturated carbocycles. The molecule has 0 radical (unpaired) electrons.